The Morgan fingerprint density at radius 1 is 1.25 bits per heavy atom. The van der Waals surface area contributed by atoms with Gasteiger partial charge in [0.2, 0.25) is 0 Å². The molecule has 4 heterocycles. The molecule has 1 aromatic heterocycles. The fourth-order valence-electron chi connectivity index (χ4n) is 6.18. The van der Waals surface area contributed by atoms with Gasteiger partial charge in [0.15, 0.2) is 5.82 Å². The first kappa shape index (κ1) is 28.7. The SMILES string of the molecule is CC1CN(c2nc(OC[C@@]34CCCN3C[C@H](F)C4)nc3c(F)c(Br)c(C#N)cc23)C(C)CN1C(=O)OC(C)(C)C. The molecule has 0 aliphatic carbocycles. The van der Waals surface area contributed by atoms with Gasteiger partial charge in [0.05, 0.1) is 15.6 Å². The highest BCUT2D eigenvalue weighted by molar-refractivity contribution is 9.10. The minimum absolute atomic E-state index is 0.00374. The first-order valence-electron chi connectivity index (χ1n) is 13.7. The van der Waals surface area contributed by atoms with Gasteiger partial charge in [-0.15, -0.1) is 0 Å². The number of aromatic nitrogens is 2. The molecule has 0 spiro atoms. The molecule has 1 aromatic carbocycles. The predicted molar refractivity (Wildman–Crippen MR) is 150 cm³/mol. The number of hydrogen-bond acceptors (Lipinski definition) is 8. The van der Waals surface area contributed by atoms with E-state index in [9.17, 15) is 14.4 Å². The molecule has 40 heavy (non-hydrogen) atoms. The molecular formula is C28H35BrF2N6O3. The molecule has 0 radical (unpaired) electrons. The number of rotatable bonds is 4. The Balaban J connectivity index is 1.50. The van der Waals surface area contributed by atoms with Gasteiger partial charge < -0.3 is 19.3 Å². The van der Waals surface area contributed by atoms with Gasteiger partial charge in [-0.25, -0.2) is 13.6 Å². The summed E-state index contributed by atoms with van der Waals surface area (Å²) in [7, 11) is 0. The van der Waals surface area contributed by atoms with Crippen LogP contribution in [0.15, 0.2) is 10.5 Å². The normalized spacial score (nSPS) is 27.1. The summed E-state index contributed by atoms with van der Waals surface area (Å²) < 4.78 is 41.6. The molecule has 1 amide bonds. The molecular weight excluding hydrogens is 586 g/mol. The average molecular weight is 622 g/mol. The Labute approximate surface area is 241 Å². The first-order valence-corrected chi connectivity index (χ1v) is 14.5. The molecule has 3 aliphatic heterocycles. The molecule has 216 valence electrons. The van der Waals surface area contributed by atoms with E-state index in [0.29, 0.717) is 37.3 Å². The maximum absolute atomic E-state index is 15.6. The summed E-state index contributed by atoms with van der Waals surface area (Å²) in [6.45, 7) is 11.5. The second kappa shape index (κ2) is 10.6. The zero-order chi connectivity index (χ0) is 29.0. The molecule has 9 nitrogen and oxygen atoms in total. The van der Waals surface area contributed by atoms with Crippen molar-refractivity contribution in [1.82, 2.24) is 19.8 Å². The lowest BCUT2D eigenvalue weighted by molar-refractivity contribution is 0.0130. The number of piperazine rings is 1. The maximum atomic E-state index is 15.6. The Kier molecular flexibility index (Phi) is 7.59. The zero-order valence-corrected chi connectivity index (χ0v) is 25.1. The van der Waals surface area contributed by atoms with Crippen molar-refractivity contribution in [3.05, 3.63) is 21.9 Å². The minimum Gasteiger partial charge on any atom is -0.461 e. The Hall–Kier alpha value is -2.78. The van der Waals surface area contributed by atoms with Gasteiger partial charge in [0.25, 0.3) is 0 Å². The van der Waals surface area contributed by atoms with Crippen LogP contribution in [-0.2, 0) is 4.74 Å². The van der Waals surface area contributed by atoms with E-state index in [-0.39, 0.29) is 40.3 Å². The van der Waals surface area contributed by atoms with Crippen molar-refractivity contribution in [3.8, 4) is 12.1 Å². The molecule has 2 unspecified atom stereocenters. The van der Waals surface area contributed by atoms with Gasteiger partial charge in [0.1, 0.15) is 35.8 Å². The van der Waals surface area contributed by atoms with Gasteiger partial charge in [0, 0.05) is 43.5 Å². The van der Waals surface area contributed by atoms with Crippen molar-refractivity contribution in [2.24, 2.45) is 0 Å². The van der Waals surface area contributed by atoms with Gasteiger partial charge in [-0.05, 0) is 76.0 Å². The largest absolute Gasteiger partial charge is 0.461 e. The smallest absolute Gasteiger partial charge is 0.410 e. The fraction of sp³-hybridized carbons (Fsp3) is 0.643. The number of nitrogens with zero attached hydrogens (tertiary/aromatic N) is 6. The minimum atomic E-state index is -0.904. The van der Waals surface area contributed by atoms with Crippen LogP contribution >= 0.6 is 15.9 Å². The van der Waals surface area contributed by atoms with Crippen LogP contribution in [0.1, 0.15) is 59.4 Å². The highest BCUT2D eigenvalue weighted by atomic mass is 79.9. The number of fused-ring (bicyclic) bond motifs is 2. The molecule has 5 rings (SSSR count). The highest BCUT2D eigenvalue weighted by Gasteiger charge is 2.49. The number of carbonyl (C=O) groups excluding carboxylic acids is 1. The standard InChI is InChI=1S/C28H35BrF2N6O3/c1-16-13-37(26(38)40-27(3,4)5)17(2)12-36(16)24-20-9-18(11-32)21(29)22(31)23(20)33-25(34-24)39-15-28-7-6-8-35(28)14-19(30)10-28/h9,16-17,19H,6-8,10,12-15H2,1-5H3/t16?,17?,19-,28+/m1/s1. The number of carbonyl (C=O) groups is 1. The summed E-state index contributed by atoms with van der Waals surface area (Å²) in [4.78, 5) is 27.8. The van der Waals surface area contributed by atoms with Crippen LogP contribution in [0.2, 0.25) is 0 Å². The third-order valence-corrected chi connectivity index (χ3v) is 8.84. The summed E-state index contributed by atoms with van der Waals surface area (Å²) >= 11 is 3.19. The molecule has 3 aliphatic rings. The lowest BCUT2D eigenvalue weighted by Gasteiger charge is -2.45. The van der Waals surface area contributed by atoms with Gasteiger partial charge >= 0.3 is 12.1 Å². The van der Waals surface area contributed by atoms with Crippen LogP contribution in [-0.4, -0.2) is 88.0 Å². The van der Waals surface area contributed by atoms with Crippen LogP contribution in [0.25, 0.3) is 10.9 Å². The van der Waals surface area contributed by atoms with Crippen LogP contribution in [0, 0.1) is 17.1 Å². The summed E-state index contributed by atoms with van der Waals surface area (Å²) in [5, 5.41) is 10.0. The molecule has 0 bridgehead atoms. The Morgan fingerprint density at radius 3 is 2.70 bits per heavy atom. The van der Waals surface area contributed by atoms with Crippen molar-refractivity contribution in [2.45, 2.75) is 83.3 Å². The van der Waals surface area contributed by atoms with E-state index in [0.717, 1.165) is 19.4 Å². The van der Waals surface area contributed by atoms with Gasteiger partial charge in [-0.2, -0.15) is 15.2 Å². The van der Waals surface area contributed by atoms with E-state index < -0.39 is 29.2 Å². The summed E-state index contributed by atoms with van der Waals surface area (Å²) in [6.07, 6.45) is 0.877. The summed E-state index contributed by atoms with van der Waals surface area (Å²) in [5.41, 5.74) is -0.892. The molecule has 0 N–H and O–H groups in total. The number of alkyl halides is 1. The number of ether oxygens (including phenoxy) is 2. The van der Waals surface area contributed by atoms with E-state index in [2.05, 4.69) is 25.8 Å². The first-order chi connectivity index (χ1) is 18.8. The van der Waals surface area contributed by atoms with Crippen LogP contribution in [0.3, 0.4) is 0 Å². The molecule has 0 saturated carbocycles. The quantitative estimate of drug-likeness (QED) is 0.461. The average Bonchev–Trinajstić information content (AvgIpc) is 3.40. The molecule has 12 heteroatoms. The fourth-order valence-corrected chi connectivity index (χ4v) is 6.57. The maximum Gasteiger partial charge on any atom is 0.410 e. The molecule has 4 atom stereocenters. The number of anilines is 1. The van der Waals surface area contributed by atoms with Crippen LogP contribution < -0.4 is 9.64 Å². The number of halogens is 3. The number of amides is 1. The lowest BCUT2D eigenvalue weighted by Crippen LogP contribution is -2.59. The van der Waals surface area contributed by atoms with Crippen molar-refractivity contribution in [1.29, 1.82) is 5.26 Å². The molecule has 2 aromatic rings. The Morgan fingerprint density at radius 2 is 2.00 bits per heavy atom. The third kappa shape index (κ3) is 5.30. The Bertz CT molecular complexity index is 1360. The predicted octanol–water partition coefficient (Wildman–Crippen LogP) is 5.19. The summed E-state index contributed by atoms with van der Waals surface area (Å²) in [5.74, 6) is -0.261. The van der Waals surface area contributed by atoms with E-state index in [1.54, 1.807) is 11.0 Å². The topological polar surface area (TPSA) is 94.8 Å². The van der Waals surface area contributed by atoms with Crippen LogP contribution in [0.5, 0.6) is 6.01 Å². The second-order valence-corrected chi connectivity index (χ2v) is 13.0. The lowest BCUT2D eigenvalue weighted by atomic mass is 9.95. The van der Waals surface area contributed by atoms with E-state index in [4.69, 9.17) is 14.5 Å². The van der Waals surface area contributed by atoms with Crippen LogP contribution in [0.4, 0.5) is 19.4 Å². The van der Waals surface area contributed by atoms with Crippen molar-refractivity contribution in [2.75, 3.05) is 37.7 Å². The highest BCUT2D eigenvalue weighted by Crippen LogP contribution is 2.41. The summed E-state index contributed by atoms with van der Waals surface area (Å²) in [6, 6.07) is 3.15. The van der Waals surface area contributed by atoms with Gasteiger partial charge in [-0.1, -0.05) is 0 Å². The van der Waals surface area contributed by atoms with Crippen molar-refractivity contribution >= 4 is 38.7 Å². The number of hydrogen-bond donors (Lipinski definition) is 0. The zero-order valence-electron chi connectivity index (χ0n) is 23.5. The van der Waals surface area contributed by atoms with Gasteiger partial charge in [-0.3, -0.25) is 4.90 Å². The van der Waals surface area contributed by atoms with E-state index in [1.165, 1.54) is 0 Å². The monoisotopic (exact) mass is 620 g/mol. The molecule has 3 fully saturated rings. The second-order valence-electron chi connectivity index (χ2n) is 12.2. The third-order valence-electron chi connectivity index (χ3n) is 8.07. The van der Waals surface area contributed by atoms with E-state index >= 15 is 4.39 Å². The number of benzene rings is 1. The van der Waals surface area contributed by atoms with E-state index in [1.807, 2.05) is 45.6 Å². The van der Waals surface area contributed by atoms with Crippen molar-refractivity contribution in [3.63, 3.8) is 0 Å². The molecule has 3 saturated heterocycles. The number of nitriles is 1. The van der Waals surface area contributed by atoms with Crippen molar-refractivity contribution < 1.29 is 23.0 Å².